The van der Waals surface area contributed by atoms with Crippen LogP contribution in [-0.4, -0.2) is 27.9 Å². The summed E-state index contributed by atoms with van der Waals surface area (Å²) in [5, 5.41) is 21.4. The van der Waals surface area contributed by atoms with Crippen molar-refractivity contribution in [3.05, 3.63) is 28.3 Å². The van der Waals surface area contributed by atoms with Crippen molar-refractivity contribution in [3.63, 3.8) is 0 Å². The number of phenolic OH excluding ortho intramolecular Hbond substituents is 2. The second-order valence-corrected chi connectivity index (χ2v) is 9.26. The van der Waals surface area contributed by atoms with E-state index >= 15 is 0 Å². The first-order chi connectivity index (χ1) is 13.0. The Morgan fingerprint density at radius 3 is 2.50 bits per heavy atom. The number of fused-ring (bicyclic) bond motifs is 1. The Morgan fingerprint density at radius 2 is 1.96 bits per heavy atom. The first-order valence-corrected chi connectivity index (χ1v) is 9.97. The summed E-state index contributed by atoms with van der Waals surface area (Å²) in [6.45, 7) is 9.95. The Hall–Kier alpha value is -2.30. The number of phenols is 2. The number of rotatable bonds is 4. The van der Waals surface area contributed by atoms with Crippen molar-refractivity contribution in [3.8, 4) is 17.2 Å². The van der Waals surface area contributed by atoms with Crippen LogP contribution < -0.4 is 4.74 Å². The number of hydrogen-bond acceptors (Lipinski definition) is 5. The number of ketones is 1. The third kappa shape index (κ3) is 3.11. The van der Waals surface area contributed by atoms with Gasteiger partial charge in [0.2, 0.25) is 0 Å². The smallest absolute Gasteiger partial charge is 0.170 e. The van der Waals surface area contributed by atoms with Gasteiger partial charge in [-0.05, 0) is 52.4 Å². The van der Waals surface area contributed by atoms with Gasteiger partial charge in [-0.2, -0.15) is 0 Å². The van der Waals surface area contributed by atoms with Gasteiger partial charge in [-0.1, -0.05) is 25.5 Å². The number of aromatic hydroxyl groups is 2. The Balaban J connectivity index is 2.22. The van der Waals surface area contributed by atoms with Gasteiger partial charge < -0.3 is 14.9 Å². The summed E-state index contributed by atoms with van der Waals surface area (Å²) in [6.07, 6.45) is 5.98. The van der Waals surface area contributed by atoms with E-state index in [9.17, 15) is 19.8 Å². The number of Topliss-reactive ketones (excluding diaryl/α,β-unsaturated/α-hetero) is 1. The zero-order valence-electron chi connectivity index (χ0n) is 17.4. The molecule has 0 amide bonds. The molecular formula is C23H30O5. The van der Waals surface area contributed by atoms with Crippen molar-refractivity contribution < 1.29 is 24.5 Å². The highest BCUT2D eigenvalue weighted by Crippen LogP contribution is 2.57. The van der Waals surface area contributed by atoms with Crippen LogP contribution in [-0.2, 0) is 6.42 Å². The van der Waals surface area contributed by atoms with Crippen molar-refractivity contribution in [1.29, 1.82) is 0 Å². The van der Waals surface area contributed by atoms with E-state index in [-0.39, 0.29) is 46.2 Å². The molecule has 2 N–H and O–H groups in total. The standard InChI is InChI=1S/C23H30O5/c1-13(2)10-17(25)18-20(27)16(12-24)19(26)15-11-23(8-6-14(3)7-9-23)22(4,5)28-21(15)18/h6,12-13,26-27H,7-11H2,1-5H3. The molecule has 2 aliphatic rings. The molecule has 0 radical (unpaired) electrons. The molecule has 1 aliphatic heterocycles. The lowest BCUT2D eigenvalue weighted by atomic mass is 9.60. The van der Waals surface area contributed by atoms with Crippen molar-refractivity contribution in [2.75, 3.05) is 0 Å². The molecule has 1 aromatic carbocycles. The lowest BCUT2D eigenvalue weighted by Crippen LogP contribution is -2.53. The number of allylic oxidation sites excluding steroid dienone is 2. The minimum absolute atomic E-state index is 0.0223. The van der Waals surface area contributed by atoms with E-state index in [2.05, 4.69) is 13.0 Å². The molecule has 0 saturated carbocycles. The third-order valence-corrected chi connectivity index (χ3v) is 6.51. The highest BCUT2D eigenvalue weighted by atomic mass is 16.5. The summed E-state index contributed by atoms with van der Waals surface area (Å²) in [5.41, 5.74) is 0.752. The summed E-state index contributed by atoms with van der Waals surface area (Å²) < 4.78 is 6.36. The first-order valence-electron chi connectivity index (χ1n) is 9.97. The molecule has 1 spiro atoms. The van der Waals surface area contributed by atoms with Gasteiger partial charge in [0, 0.05) is 17.4 Å². The van der Waals surface area contributed by atoms with Crippen LogP contribution in [0.4, 0.5) is 0 Å². The number of aldehydes is 1. The maximum Gasteiger partial charge on any atom is 0.170 e. The second-order valence-electron chi connectivity index (χ2n) is 9.26. The molecule has 1 heterocycles. The Morgan fingerprint density at radius 1 is 1.29 bits per heavy atom. The van der Waals surface area contributed by atoms with Crippen molar-refractivity contribution in [2.45, 2.75) is 72.3 Å². The molecule has 5 heteroatoms. The fraction of sp³-hybridized carbons (Fsp3) is 0.565. The van der Waals surface area contributed by atoms with E-state index in [1.165, 1.54) is 5.57 Å². The minimum Gasteiger partial charge on any atom is -0.507 e. The molecule has 1 unspecified atom stereocenters. The average molecular weight is 386 g/mol. The van der Waals surface area contributed by atoms with Crippen LogP contribution in [0.5, 0.6) is 17.2 Å². The van der Waals surface area contributed by atoms with Crippen molar-refractivity contribution >= 4 is 12.1 Å². The third-order valence-electron chi connectivity index (χ3n) is 6.51. The summed E-state index contributed by atoms with van der Waals surface area (Å²) in [7, 11) is 0. The van der Waals surface area contributed by atoms with Gasteiger partial charge in [0.15, 0.2) is 12.1 Å². The molecule has 152 valence electrons. The SMILES string of the molecule is CC1=CCC2(CC1)Cc1c(O)c(C=O)c(O)c(C(=O)CC(C)C)c1OC2(C)C. The van der Waals surface area contributed by atoms with Crippen LogP contribution in [0, 0.1) is 11.3 Å². The van der Waals surface area contributed by atoms with Gasteiger partial charge in [-0.15, -0.1) is 0 Å². The fourth-order valence-electron chi connectivity index (χ4n) is 4.53. The highest BCUT2D eigenvalue weighted by molar-refractivity contribution is 6.05. The lowest BCUT2D eigenvalue weighted by Gasteiger charge is -2.52. The highest BCUT2D eigenvalue weighted by Gasteiger charge is 2.52. The van der Waals surface area contributed by atoms with Gasteiger partial charge in [0.05, 0.1) is 5.56 Å². The zero-order valence-corrected chi connectivity index (χ0v) is 17.4. The van der Waals surface area contributed by atoms with E-state index in [0.717, 1.165) is 19.3 Å². The first kappa shape index (κ1) is 20.4. The van der Waals surface area contributed by atoms with E-state index in [1.807, 2.05) is 27.7 Å². The molecule has 1 aliphatic carbocycles. The zero-order chi connectivity index (χ0) is 20.9. The molecule has 0 saturated heterocycles. The Kier molecular flexibility index (Phi) is 5.07. The number of ether oxygens (including phenoxy) is 1. The molecule has 0 bridgehead atoms. The number of benzene rings is 1. The summed E-state index contributed by atoms with van der Waals surface area (Å²) >= 11 is 0. The fourth-order valence-corrected chi connectivity index (χ4v) is 4.53. The van der Waals surface area contributed by atoms with Crippen LogP contribution >= 0.6 is 0 Å². The second kappa shape index (κ2) is 6.94. The topological polar surface area (TPSA) is 83.8 Å². The Labute approximate surface area is 166 Å². The van der Waals surface area contributed by atoms with Gasteiger partial charge in [0.25, 0.3) is 0 Å². The van der Waals surface area contributed by atoms with Gasteiger partial charge >= 0.3 is 0 Å². The monoisotopic (exact) mass is 386 g/mol. The molecule has 28 heavy (non-hydrogen) atoms. The van der Waals surface area contributed by atoms with E-state index in [1.54, 1.807) is 0 Å². The van der Waals surface area contributed by atoms with Crippen LogP contribution in [0.25, 0.3) is 0 Å². The largest absolute Gasteiger partial charge is 0.507 e. The van der Waals surface area contributed by atoms with Crippen LogP contribution in [0.3, 0.4) is 0 Å². The average Bonchev–Trinajstić information content (AvgIpc) is 2.59. The summed E-state index contributed by atoms with van der Waals surface area (Å²) in [5.74, 6) is -0.718. The van der Waals surface area contributed by atoms with Crippen LogP contribution in [0.2, 0.25) is 0 Å². The van der Waals surface area contributed by atoms with Gasteiger partial charge in [-0.25, -0.2) is 0 Å². The van der Waals surface area contributed by atoms with E-state index < -0.39 is 11.4 Å². The van der Waals surface area contributed by atoms with Crippen molar-refractivity contribution in [2.24, 2.45) is 11.3 Å². The quantitative estimate of drug-likeness (QED) is 0.434. The maximum absolute atomic E-state index is 12.9. The van der Waals surface area contributed by atoms with Gasteiger partial charge in [0.1, 0.15) is 28.4 Å². The molecule has 1 aromatic rings. The summed E-state index contributed by atoms with van der Waals surface area (Å²) in [6, 6.07) is 0. The number of carbonyl (C=O) groups excluding carboxylic acids is 2. The maximum atomic E-state index is 12.9. The van der Waals surface area contributed by atoms with Gasteiger partial charge in [-0.3, -0.25) is 9.59 Å². The Bertz CT molecular complexity index is 862. The van der Waals surface area contributed by atoms with Crippen molar-refractivity contribution in [1.82, 2.24) is 0 Å². The number of hydrogen-bond donors (Lipinski definition) is 2. The predicted molar refractivity (Wildman–Crippen MR) is 107 cm³/mol. The molecular weight excluding hydrogens is 356 g/mol. The normalized spacial score (nSPS) is 23.1. The van der Waals surface area contributed by atoms with E-state index in [0.29, 0.717) is 18.3 Å². The molecule has 0 fully saturated rings. The minimum atomic E-state index is -0.592. The van der Waals surface area contributed by atoms with E-state index in [4.69, 9.17) is 4.74 Å². The molecule has 1 atom stereocenters. The molecule has 3 rings (SSSR count). The predicted octanol–water partition coefficient (Wildman–Crippen LogP) is 4.97. The summed E-state index contributed by atoms with van der Waals surface area (Å²) in [4.78, 5) is 24.5. The number of carbonyl (C=O) groups is 2. The van der Waals surface area contributed by atoms with Crippen LogP contribution in [0.1, 0.15) is 86.6 Å². The lowest BCUT2D eigenvalue weighted by molar-refractivity contribution is -0.0574. The molecule has 0 aromatic heterocycles. The molecule has 5 nitrogen and oxygen atoms in total. The van der Waals surface area contributed by atoms with Crippen LogP contribution in [0.15, 0.2) is 11.6 Å².